The molecule has 3 rings (SSSR count). The first-order valence-electron chi connectivity index (χ1n) is 8.36. The second-order valence-electron chi connectivity index (χ2n) is 6.06. The molecule has 0 aliphatic rings. The van der Waals surface area contributed by atoms with Crippen molar-refractivity contribution >= 4 is 40.3 Å². The van der Waals surface area contributed by atoms with E-state index in [4.69, 9.17) is 17.3 Å². The highest BCUT2D eigenvalue weighted by Crippen LogP contribution is 2.26. The molecule has 0 spiro atoms. The van der Waals surface area contributed by atoms with E-state index >= 15 is 0 Å². The van der Waals surface area contributed by atoms with Crippen LogP contribution in [0, 0.1) is 0 Å². The van der Waals surface area contributed by atoms with Crippen LogP contribution in [0.3, 0.4) is 0 Å². The van der Waals surface area contributed by atoms with Gasteiger partial charge in [-0.15, -0.1) is 16.4 Å². The summed E-state index contributed by atoms with van der Waals surface area (Å²) in [6, 6.07) is 5.42. The molecule has 0 saturated heterocycles. The Labute approximate surface area is 160 Å². The number of hydrogen-bond acceptors (Lipinski definition) is 5. The Kier molecular flexibility index (Phi) is 5.90. The minimum Gasteiger partial charge on any atom is -0.363 e. The minimum absolute atomic E-state index is 0.141. The maximum absolute atomic E-state index is 13.6. The molecule has 2 atom stereocenters. The number of allylic oxidation sites excluding steroid dienone is 1. The molecule has 26 heavy (non-hydrogen) atoms. The van der Waals surface area contributed by atoms with Gasteiger partial charge in [0.15, 0.2) is 5.82 Å². The fourth-order valence-electron chi connectivity index (χ4n) is 2.73. The summed E-state index contributed by atoms with van der Waals surface area (Å²) in [6.07, 6.45) is 3.14. The van der Waals surface area contributed by atoms with Crippen molar-refractivity contribution in [1.82, 2.24) is 14.6 Å². The molecule has 0 aromatic carbocycles. The molecule has 8 heteroatoms. The third kappa shape index (κ3) is 4.06. The summed E-state index contributed by atoms with van der Waals surface area (Å²) >= 11 is 7.80. The number of aromatic nitrogens is 3. The van der Waals surface area contributed by atoms with Crippen LogP contribution < -0.4 is 11.1 Å². The number of nitrogens with one attached hydrogen (secondary N) is 1. The largest absolute Gasteiger partial charge is 0.363 e. The molecule has 0 aliphatic carbocycles. The fraction of sp³-hybridized carbons (Fsp3) is 0.333. The quantitative estimate of drug-likeness (QED) is 0.627. The van der Waals surface area contributed by atoms with Gasteiger partial charge in [-0.2, -0.15) is 4.98 Å². The zero-order chi connectivity index (χ0) is 18.7. The Morgan fingerprint density at radius 3 is 2.96 bits per heavy atom. The van der Waals surface area contributed by atoms with Crippen LogP contribution in [0.5, 0.6) is 0 Å². The number of nitrogens with zero attached hydrogens (tertiary/aromatic N) is 3. The fourth-order valence-corrected chi connectivity index (χ4v) is 3.53. The molecular formula is C18H21ClFN5S. The lowest BCUT2D eigenvalue weighted by atomic mass is 10.0. The van der Waals surface area contributed by atoms with Gasteiger partial charge in [0.2, 0.25) is 5.28 Å². The molecule has 0 aliphatic heterocycles. The van der Waals surface area contributed by atoms with Gasteiger partial charge in [-0.3, -0.25) is 0 Å². The third-order valence-electron chi connectivity index (χ3n) is 4.11. The number of halogens is 2. The first kappa shape index (κ1) is 18.8. The summed E-state index contributed by atoms with van der Waals surface area (Å²) in [7, 11) is 0. The van der Waals surface area contributed by atoms with Crippen LogP contribution in [0.1, 0.15) is 30.0 Å². The lowest BCUT2D eigenvalue weighted by molar-refractivity contribution is 0.304. The maximum Gasteiger partial charge on any atom is 0.243 e. The smallest absolute Gasteiger partial charge is 0.243 e. The van der Waals surface area contributed by atoms with Crippen molar-refractivity contribution in [1.29, 1.82) is 0 Å². The van der Waals surface area contributed by atoms with E-state index < -0.39 is 12.2 Å². The predicted molar refractivity (Wildman–Crippen MR) is 107 cm³/mol. The molecule has 3 aromatic rings. The highest BCUT2D eigenvalue weighted by molar-refractivity contribution is 7.09. The van der Waals surface area contributed by atoms with E-state index in [1.165, 1.54) is 11.8 Å². The van der Waals surface area contributed by atoms with Crippen molar-refractivity contribution in [2.24, 2.45) is 5.73 Å². The normalized spacial score (nSPS) is 14.2. The van der Waals surface area contributed by atoms with Gasteiger partial charge in [0, 0.05) is 10.9 Å². The van der Waals surface area contributed by atoms with Crippen molar-refractivity contribution in [3.8, 4) is 0 Å². The van der Waals surface area contributed by atoms with E-state index in [0.29, 0.717) is 18.8 Å². The van der Waals surface area contributed by atoms with Crippen molar-refractivity contribution in [2.45, 2.75) is 39.0 Å². The second kappa shape index (κ2) is 8.16. The summed E-state index contributed by atoms with van der Waals surface area (Å²) < 4.78 is 15.3. The zero-order valence-electron chi connectivity index (χ0n) is 14.6. The summed E-state index contributed by atoms with van der Waals surface area (Å²) in [5.41, 5.74) is 8.47. The van der Waals surface area contributed by atoms with Crippen molar-refractivity contribution in [3.63, 3.8) is 0 Å². The number of fused-ring (bicyclic) bond motifs is 1. The lowest BCUT2D eigenvalue weighted by Crippen LogP contribution is -2.31. The monoisotopic (exact) mass is 393 g/mol. The third-order valence-corrected chi connectivity index (χ3v) is 5.14. The second-order valence-corrected chi connectivity index (χ2v) is 7.43. The van der Waals surface area contributed by atoms with E-state index in [-0.39, 0.29) is 5.28 Å². The Morgan fingerprint density at radius 1 is 1.50 bits per heavy atom. The highest BCUT2D eigenvalue weighted by atomic mass is 35.5. The lowest BCUT2D eigenvalue weighted by Gasteiger charge is -2.12. The Hall–Kier alpha value is -1.96. The van der Waals surface area contributed by atoms with Crippen molar-refractivity contribution < 1.29 is 4.39 Å². The van der Waals surface area contributed by atoms with Crippen LogP contribution in [-0.2, 0) is 13.0 Å². The molecule has 3 N–H and O–H groups in total. The zero-order valence-corrected chi connectivity index (χ0v) is 16.2. The van der Waals surface area contributed by atoms with Gasteiger partial charge in [0.1, 0.15) is 11.7 Å². The number of nitrogens with two attached hydrogens (primary N) is 1. The number of anilines is 1. The molecule has 138 valence electrons. The molecule has 0 saturated carbocycles. The van der Waals surface area contributed by atoms with Crippen molar-refractivity contribution in [3.05, 3.63) is 51.1 Å². The first-order chi connectivity index (χ1) is 12.5. The number of alkyl halides is 1. The van der Waals surface area contributed by atoms with E-state index in [1.54, 1.807) is 15.9 Å². The predicted octanol–water partition coefficient (Wildman–Crippen LogP) is 4.32. The van der Waals surface area contributed by atoms with Gasteiger partial charge in [0.25, 0.3) is 0 Å². The molecular weight excluding hydrogens is 373 g/mol. The van der Waals surface area contributed by atoms with Crippen LogP contribution in [-0.4, -0.2) is 26.8 Å². The summed E-state index contributed by atoms with van der Waals surface area (Å²) in [5.74, 6) is 0.636. The van der Waals surface area contributed by atoms with Gasteiger partial charge in [-0.25, -0.2) is 8.91 Å². The average Bonchev–Trinajstić information content (AvgIpc) is 3.22. The molecule has 0 radical (unpaired) electrons. The van der Waals surface area contributed by atoms with Crippen LogP contribution in [0.25, 0.3) is 11.6 Å². The summed E-state index contributed by atoms with van der Waals surface area (Å²) in [4.78, 5) is 5.51. The van der Waals surface area contributed by atoms with E-state index in [9.17, 15) is 4.39 Å². The number of rotatable bonds is 7. The molecule has 0 fully saturated rings. The van der Waals surface area contributed by atoms with Gasteiger partial charge < -0.3 is 11.1 Å². The Balaban J connectivity index is 2.02. The Morgan fingerprint density at radius 2 is 2.31 bits per heavy atom. The van der Waals surface area contributed by atoms with Crippen LogP contribution >= 0.6 is 22.9 Å². The highest BCUT2D eigenvalue weighted by Gasteiger charge is 2.19. The molecule has 5 nitrogen and oxygen atoms in total. The van der Waals surface area contributed by atoms with Crippen LogP contribution in [0.4, 0.5) is 10.2 Å². The minimum atomic E-state index is -1.09. The topological polar surface area (TPSA) is 68.2 Å². The Bertz CT molecular complexity index is 904. The standard InChI is InChI=1S/C18H21ClFN5S/c1-3-5-15-12(8-14(21)11(2)20)9-16-17(23-18(19)24-25(15)16)22-10-13-6-4-7-26-13/h3-7,9,11,14H,8,10,21H2,1-2H3,(H,22,23,24)/b5-3+/t11-,14+/m0/s1. The summed E-state index contributed by atoms with van der Waals surface area (Å²) in [5, 5.41) is 9.80. The van der Waals surface area contributed by atoms with Gasteiger partial charge >= 0.3 is 0 Å². The molecule has 0 bridgehead atoms. The van der Waals surface area contributed by atoms with E-state index in [2.05, 4.69) is 15.4 Å². The van der Waals surface area contributed by atoms with Crippen LogP contribution in [0.2, 0.25) is 5.28 Å². The number of thiophene rings is 1. The van der Waals surface area contributed by atoms with E-state index in [0.717, 1.165) is 16.8 Å². The van der Waals surface area contributed by atoms with Crippen LogP contribution in [0.15, 0.2) is 29.7 Å². The van der Waals surface area contributed by atoms with Crippen molar-refractivity contribution in [2.75, 3.05) is 5.32 Å². The average molecular weight is 394 g/mol. The molecule has 3 aromatic heterocycles. The molecule has 0 amide bonds. The van der Waals surface area contributed by atoms with E-state index in [1.807, 2.05) is 42.7 Å². The summed E-state index contributed by atoms with van der Waals surface area (Å²) in [6.45, 7) is 4.03. The number of hydrogen-bond donors (Lipinski definition) is 2. The van der Waals surface area contributed by atoms with Gasteiger partial charge in [-0.1, -0.05) is 12.1 Å². The molecule has 3 heterocycles. The maximum atomic E-state index is 13.6. The SMILES string of the molecule is C/C=C/c1c(C[C@@H](N)[C@H](C)F)cc2c(NCc3cccs3)nc(Cl)nn12. The molecule has 0 unspecified atom stereocenters. The van der Waals surface area contributed by atoms with Gasteiger partial charge in [0.05, 0.1) is 12.2 Å². The first-order valence-corrected chi connectivity index (χ1v) is 9.62. The van der Waals surface area contributed by atoms with Gasteiger partial charge in [-0.05, 0) is 61.0 Å².